The highest BCUT2D eigenvalue weighted by Crippen LogP contribution is 2.20. The summed E-state index contributed by atoms with van der Waals surface area (Å²) < 4.78 is 9.91. The van der Waals surface area contributed by atoms with Gasteiger partial charge in [0.25, 0.3) is 0 Å². The molecule has 1 amide bonds. The van der Waals surface area contributed by atoms with Crippen LogP contribution in [0.2, 0.25) is 0 Å². The van der Waals surface area contributed by atoms with Crippen molar-refractivity contribution in [1.82, 2.24) is 10.2 Å². The molecule has 1 N–H and O–H groups in total. The van der Waals surface area contributed by atoms with Crippen molar-refractivity contribution >= 4 is 12.1 Å². The SMILES string of the molecule is COC(=O)CC1CN(C)CC1NC(=O)OC(C)(C)C. The number of alkyl carbamates (subject to hydrolysis) is 1. The van der Waals surface area contributed by atoms with E-state index in [9.17, 15) is 9.59 Å². The Kier molecular flexibility index (Phi) is 5.17. The monoisotopic (exact) mass is 272 g/mol. The van der Waals surface area contributed by atoms with Crippen molar-refractivity contribution in [2.45, 2.75) is 38.8 Å². The average Bonchev–Trinajstić information content (AvgIpc) is 2.55. The lowest BCUT2D eigenvalue weighted by atomic mass is 10.00. The lowest BCUT2D eigenvalue weighted by molar-refractivity contribution is -0.141. The van der Waals surface area contributed by atoms with Gasteiger partial charge in [-0.1, -0.05) is 0 Å². The van der Waals surface area contributed by atoms with E-state index in [0.29, 0.717) is 13.0 Å². The number of esters is 1. The van der Waals surface area contributed by atoms with Crippen LogP contribution in [-0.2, 0) is 14.3 Å². The number of carbonyl (C=O) groups excluding carboxylic acids is 2. The van der Waals surface area contributed by atoms with Crippen molar-refractivity contribution in [3.05, 3.63) is 0 Å². The first kappa shape index (κ1) is 15.8. The normalized spacial score (nSPS) is 24.1. The van der Waals surface area contributed by atoms with Crippen LogP contribution in [0, 0.1) is 5.92 Å². The van der Waals surface area contributed by atoms with Crippen LogP contribution in [0.3, 0.4) is 0 Å². The second-order valence-corrected chi connectivity index (χ2v) is 6.01. The van der Waals surface area contributed by atoms with Gasteiger partial charge in [-0.3, -0.25) is 4.79 Å². The number of rotatable bonds is 3. The van der Waals surface area contributed by atoms with Gasteiger partial charge in [0.15, 0.2) is 0 Å². The van der Waals surface area contributed by atoms with E-state index in [2.05, 4.69) is 15.0 Å². The minimum atomic E-state index is -0.521. The van der Waals surface area contributed by atoms with E-state index in [1.807, 2.05) is 27.8 Å². The predicted octanol–water partition coefficient (Wildman–Crippen LogP) is 1.00. The first-order valence-electron chi connectivity index (χ1n) is 6.46. The van der Waals surface area contributed by atoms with E-state index < -0.39 is 11.7 Å². The van der Waals surface area contributed by atoms with Crippen LogP contribution < -0.4 is 5.32 Å². The fourth-order valence-corrected chi connectivity index (χ4v) is 2.21. The lowest BCUT2D eigenvalue weighted by Crippen LogP contribution is -2.43. The highest BCUT2D eigenvalue weighted by molar-refractivity contribution is 5.70. The second-order valence-electron chi connectivity index (χ2n) is 6.01. The summed E-state index contributed by atoms with van der Waals surface area (Å²) in [5, 5.41) is 2.83. The number of nitrogens with zero attached hydrogens (tertiary/aromatic N) is 1. The van der Waals surface area contributed by atoms with Crippen LogP contribution in [0.5, 0.6) is 0 Å². The van der Waals surface area contributed by atoms with Crippen molar-refractivity contribution in [3.63, 3.8) is 0 Å². The molecule has 1 fully saturated rings. The first-order valence-corrected chi connectivity index (χ1v) is 6.46. The van der Waals surface area contributed by atoms with E-state index >= 15 is 0 Å². The summed E-state index contributed by atoms with van der Waals surface area (Å²) in [6.07, 6.45) is -0.135. The molecule has 1 aliphatic heterocycles. The molecule has 0 radical (unpaired) electrons. The summed E-state index contributed by atoms with van der Waals surface area (Å²) in [6, 6.07) is -0.0843. The van der Waals surface area contributed by atoms with Gasteiger partial charge in [0, 0.05) is 25.0 Å². The minimum Gasteiger partial charge on any atom is -0.469 e. The Balaban J connectivity index is 2.54. The molecule has 6 heteroatoms. The molecule has 1 aliphatic rings. The molecule has 110 valence electrons. The molecule has 1 saturated heterocycles. The summed E-state index contributed by atoms with van der Waals surface area (Å²) in [4.78, 5) is 25.2. The highest BCUT2D eigenvalue weighted by Gasteiger charge is 2.34. The van der Waals surface area contributed by atoms with Crippen molar-refractivity contribution in [2.24, 2.45) is 5.92 Å². The molecular formula is C13H24N2O4. The van der Waals surface area contributed by atoms with Crippen LogP contribution in [0.4, 0.5) is 4.79 Å². The number of nitrogens with one attached hydrogen (secondary N) is 1. The third kappa shape index (κ3) is 5.46. The molecule has 0 aliphatic carbocycles. The van der Waals surface area contributed by atoms with Crippen molar-refractivity contribution in [3.8, 4) is 0 Å². The number of carbonyl (C=O) groups is 2. The summed E-state index contributed by atoms with van der Waals surface area (Å²) in [6.45, 7) is 6.92. The van der Waals surface area contributed by atoms with Gasteiger partial charge in [-0.15, -0.1) is 0 Å². The maximum atomic E-state index is 11.8. The maximum absolute atomic E-state index is 11.8. The summed E-state index contributed by atoms with van der Waals surface area (Å²) in [5.74, 6) is -0.193. The number of hydrogen-bond donors (Lipinski definition) is 1. The Morgan fingerprint density at radius 1 is 1.32 bits per heavy atom. The number of likely N-dealkylation sites (tertiary alicyclic amines) is 1. The number of ether oxygens (including phenoxy) is 2. The van der Waals surface area contributed by atoms with Crippen molar-refractivity contribution < 1.29 is 19.1 Å². The van der Waals surface area contributed by atoms with E-state index in [4.69, 9.17) is 4.74 Å². The van der Waals surface area contributed by atoms with Crippen LogP contribution in [0.1, 0.15) is 27.2 Å². The zero-order valence-electron chi connectivity index (χ0n) is 12.4. The summed E-state index contributed by atoms with van der Waals surface area (Å²) >= 11 is 0. The second kappa shape index (κ2) is 6.23. The Hall–Kier alpha value is -1.30. The quantitative estimate of drug-likeness (QED) is 0.776. The molecule has 1 rings (SSSR count). The Morgan fingerprint density at radius 3 is 2.47 bits per heavy atom. The fourth-order valence-electron chi connectivity index (χ4n) is 2.21. The van der Waals surface area contributed by atoms with E-state index in [1.165, 1.54) is 7.11 Å². The minimum absolute atomic E-state index is 0.0602. The lowest BCUT2D eigenvalue weighted by Gasteiger charge is -2.23. The molecule has 0 aromatic heterocycles. The molecule has 0 spiro atoms. The van der Waals surface area contributed by atoms with Gasteiger partial charge >= 0.3 is 12.1 Å². The van der Waals surface area contributed by atoms with Crippen LogP contribution in [-0.4, -0.2) is 55.9 Å². The molecule has 6 nitrogen and oxygen atoms in total. The topological polar surface area (TPSA) is 67.9 Å². The Morgan fingerprint density at radius 2 is 1.95 bits per heavy atom. The van der Waals surface area contributed by atoms with Gasteiger partial charge in [0.2, 0.25) is 0 Å². The molecule has 19 heavy (non-hydrogen) atoms. The smallest absolute Gasteiger partial charge is 0.407 e. The van der Waals surface area contributed by atoms with Gasteiger partial charge in [-0.25, -0.2) is 4.79 Å². The van der Waals surface area contributed by atoms with E-state index in [0.717, 1.165) is 6.54 Å². The van der Waals surface area contributed by atoms with Crippen molar-refractivity contribution in [2.75, 3.05) is 27.2 Å². The predicted molar refractivity (Wildman–Crippen MR) is 70.8 cm³/mol. The zero-order chi connectivity index (χ0) is 14.6. The Bertz CT molecular complexity index is 338. The standard InChI is InChI=1S/C13H24N2O4/c1-13(2,3)19-12(17)14-10-8-15(4)7-9(10)6-11(16)18-5/h9-10H,6-8H2,1-5H3,(H,14,17). The number of likely N-dealkylation sites (N-methyl/N-ethyl adjacent to an activating group) is 1. The molecule has 2 atom stereocenters. The summed E-state index contributed by atoms with van der Waals surface area (Å²) in [5.41, 5.74) is -0.521. The molecule has 0 bridgehead atoms. The number of methoxy groups -OCH3 is 1. The molecule has 2 unspecified atom stereocenters. The number of amides is 1. The number of hydrogen-bond acceptors (Lipinski definition) is 5. The zero-order valence-corrected chi connectivity index (χ0v) is 12.4. The highest BCUT2D eigenvalue weighted by atomic mass is 16.6. The van der Waals surface area contributed by atoms with Crippen LogP contribution in [0.15, 0.2) is 0 Å². The molecule has 0 aromatic rings. The van der Waals surface area contributed by atoms with Gasteiger partial charge in [0.05, 0.1) is 13.5 Å². The van der Waals surface area contributed by atoms with E-state index in [-0.39, 0.29) is 17.9 Å². The van der Waals surface area contributed by atoms with E-state index in [1.54, 1.807) is 0 Å². The van der Waals surface area contributed by atoms with Gasteiger partial charge in [-0.2, -0.15) is 0 Å². The molecule has 0 saturated carbocycles. The molecular weight excluding hydrogens is 248 g/mol. The molecule has 0 aromatic carbocycles. The molecule has 1 heterocycles. The van der Waals surface area contributed by atoms with Gasteiger partial charge in [-0.05, 0) is 27.8 Å². The Labute approximate surface area is 114 Å². The average molecular weight is 272 g/mol. The summed E-state index contributed by atoms with van der Waals surface area (Å²) in [7, 11) is 3.33. The van der Waals surface area contributed by atoms with Gasteiger partial charge < -0.3 is 19.7 Å². The third-order valence-corrected chi connectivity index (χ3v) is 2.98. The van der Waals surface area contributed by atoms with Crippen molar-refractivity contribution in [1.29, 1.82) is 0 Å². The third-order valence-electron chi connectivity index (χ3n) is 2.98. The van der Waals surface area contributed by atoms with Crippen LogP contribution >= 0.6 is 0 Å². The fraction of sp³-hybridized carbons (Fsp3) is 0.846. The largest absolute Gasteiger partial charge is 0.469 e. The maximum Gasteiger partial charge on any atom is 0.407 e. The van der Waals surface area contributed by atoms with Crippen LogP contribution in [0.25, 0.3) is 0 Å². The van der Waals surface area contributed by atoms with Gasteiger partial charge in [0.1, 0.15) is 5.60 Å². The first-order chi connectivity index (χ1) is 8.71.